The standard InChI is InChI=1S/C5H11NO.C2H4O3S/c1-3-5(4-2)6-7;1-2-6(3,4)5/h7H,3-4H2,1-2H3;2H,1H2,(H,3,4,5). The summed E-state index contributed by atoms with van der Waals surface area (Å²) in [5.74, 6) is 0. The third kappa shape index (κ3) is 14.0. The Balaban J connectivity index is 0. The zero-order chi connectivity index (χ0) is 10.9. The normalized spacial score (nSPS) is 9.46. The molecule has 5 nitrogen and oxygen atoms in total. The van der Waals surface area contributed by atoms with Crippen molar-refractivity contribution in [2.45, 2.75) is 26.7 Å². The van der Waals surface area contributed by atoms with Crippen LogP contribution in [0, 0.1) is 0 Å². The van der Waals surface area contributed by atoms with Crippen molar-refractivity contribution in [1.29, 1.82) is 0 Å². The minimum Gasteiger partial charge on any atom is -0.411 e. The van der Waals surface area contributed by atoms with E-state index in [2.05, 4.69) is 11.7 Å². The second-order valence-electron chi connectivity index (χ2n) is 2.05. The molecule has 0 heterocycles. The Morgan fingerprint density at radius 1 is 1.46 bits per heavy atom. The van der Waals surface area contributed by atoms with Crippen LogP contribution >= 0.6 is 0 Å². The third-order valence-electron chi connectivity index (χ3n) is 1.17. The lowest BCUT2D eigenvalue weighted by molar-refractivity contribution is 0.316. The molecule has 78 valence electrons. The molecule has 0 fully saturated rings. The van der Waals surface area contributed by atoms with Gasteiger partial charge >= 0.3 is 0 Å². The topological polar surface area (TPSA) is 87.0 Å². The Hall–Kier alpha value is -0.880. The van der Waals surface area contributed by atoms with Crippen LogP contribution in [0.15, 0.2) is 17.1 Å². The summed E-state index contributed by atoms with van der Waals surface area (Å²) in [6, 6.07) is 0. The van der Waals surface area contributed by atoms with Crippen LogP contribution in [0.4, 0.5) is 0 Å². The Labute approximate surface area is 78.5 Å². The van der Waals surface area contributed by atoms with Gasteiger partial charge in [0.25, 0.3) is 10.1 Å². The first-order valence-electron chi connectivity index (χ1n) is 3.70. The molecule has 0 aliphatic carbocycles. The number of hydrogen-bond acceptors (Lipinski definition) is 4. The number of hydrogen-bond donors (Lipinski definition) is 2. The van der Waals surface area contributed by atoms with Crippen molar-refractivity contribution in [3.63, 3.8) is 0 Å². The summed E-state index contributed by atoms with van der Waals surface area (Å²) in [5, 5.41) is 11.6. The van der Waals surface area contributed by atoms with Crippen LogP contribution in [0.5, 0.6) is 0 Å². The highest BCUT2D eigenvalue weighted by Crippen LogP contribution is 1.87. The monoisotopic (exact) mass is 209 g/mol. The van der Waals surface area contributed by atoms with Gasteiger partial charge in [0.05, 0.1) is 11.1 Å². The zero-order valence-electron chi connectivity index (χ0n) is 7.77. The maximum atomic E-state index is 9.44. The summed E-state index contributed by atoms with van der Waals surface area (Å²) < 4.78 is 26.6. The Bertz CT molecular complexity index is 238. The summed E-state index contributed by atoms with van der Waals surface area (Å²) in [7, 11) is -3.90. The summed E-state index contributed by atoms with van der Waals surface area (Å²) in [5.41, 5.74) is 0.861. The molecule has 0 saturated carbocycles. The average Bonchev–Trinajstić information content (AvgIpc) is 2.07. The van der Waals surface area contributed by atoms with Crippen molar-refractivity contribution in [3.8, 4) is 0 Å². The molecule has 6 heteroatoms. The van der Waals surface area contributed by atoms with Crippen molar-refractivity contribution in [3.05, 3.63) is 12.0 Å². The predicted octanol–water partition coefficient (Wildman–Crippen LogP) is 1.65. The van der Waals surface area contributed by atoms with Gasteiger partial charge in [0.2, 0.25) is 0 Å². The van der Waals surface area contributed by atoms with Crippen LogP contribution in [-0.2, 0) is 10.1 Å². The van der Waals surface area contributed by atoms with Crippen LogP contribution in [-0.4, -0.2) is 23.9 Å². The summed E-state index contributed by atoms with van der Waals surface area (Å²) >= 11 is 0. The second-order valence-corrected chi connectivity index (χ2v) is 3.42. The van der Waals surface area contributed by atoms with E-state index < -0.39 is 10.1 Å². The average molecular weight is 209 g/mol. The van der Waals surface area contributed by atoms with E-state index in [1.165, 1.54) is 0 Å². The molecule has 0 rings (SSSR count). The highest BCUT2D eigenvalue weighted by atomic mass is 32.2. The van der Waals surface area contributed by atoms with E-state index in [9.17, 15) is 8.42 Å². The van der Waals surface area contributed by atoms with Gasteiger partial charge < -0.3 is 5.21 Å². The van der Waals surface area contributed by atoms with Crippen LogP contribution in [0.25, 0.3) is 0 Å². The second kappa shape index (κ2) is 7.75. The lowest BCUT2D eigenvalue weighted by Gasteiger charge is -1.89. The first-order chi connectivity index (χ1) is 5.91. The highest BCUT2D eigenvalue weighted by Gasteiger charge is 1.88. The number of nitrogens with zero attached hydrogens (tertiary/aromatic N) is 1. The maximum Gasteiger partial charge on any atom is 0.287 e. The zero-order valence-corrected chi connectivity index (χ0v) is 8.58. The molecule has 0 radical (unpaired) electrons. The minimum absolute atomic E-state index is 0.465. The van der Waals surface area contributed by atoms with Gasteiger partial charge in [-0.15, -0.1) is 0 Å². The van der Waals surface area contributed by atoms with E-state index in [1.807, 2.05) is 13.8 Å². The van der Waals surface area contributed by atoms with Gasteiger partial charge in [0.15, 0.2) is 0 Å². The largest absolute Gasteiger partial charge is 0.411 e. The molecule has 13 heavy (non-hydrogen) atoms. The van der Waals surface area contributed by atoms with E-state index in [4.69, 9.17) is 9.76 Å². The molecule has 0 aliphatic rings. The maximum absolute atomic E-state index is 9.44. The SMILES string of the molecule is C=CS(=O)(=O)O.CCC(CC)=NO. The van der Waals surface area contributed by atoms with Crippen molar-refractivity contribution < 1.29 is 18.2 Å². The van der Waals surface area contributed by atoms with Crippen LogP contribution in [0.3, 0.4) is 0 Å². The van der Waals surface area contributed by atoms with E-state index in [1.54, 1.807) is 0 Å². The lowest BCUT2D eigenvalue weighted by Crippen LogP contribution is -1.90. The van der Waals surface area contributed by atoms with Crippen molar-refractivity contribution >= 4 is 15.8 Å². The Morgan fingerprint density at radius 2 is 1.77 bits per heavy atom. The molecular formula is C7H15NO4S. The quantitative estimate of drug-likeness (QED) is 0.320. The van der Waals surface area contributed by atoms with Crippen LogP contribution in [0.2, 0.25) is 0 Å². The fourth-order valence-corrected chi connectivity index (χ4v) is 0.391. The molecule has 0 unspecified atom stereocenters. The summed E-state index contributed by atoms with van der Waals surface area (Å²) in [4.78, 5) is 0. The molecule has 0 spiro atoms. The molecular weight excluding hydrogens is 194 g/mol. The van der Waals surface area contributed by atoms with Gasteiger partial charge in [-0.2, -0.15) is 8.42 Å². The van der Waals surface area contributed by atoms with Crippen molar-refractivity contribution in [2.75, 3.05) is 0 Å². The van der Waals surface area contributed by atoms with Gasteiger partial charge in [-0.05, 0) is 12.8 Å². The molecule has 0 aromatic carbocycles. The Kier molecular flexibility index (Phi) is 8.73. The third-order valence-corrected chi connectivity index (χ3v) is 1.59. The number of rotatable bonds is 3. The van der Waals surface area contributed by atoms with Gasteiger partial charge in [-0.3, -0.25) is 4.55 Å². The molecule has 2 N–H and O–H groups in total. The Morgan fingerprint density at radius 3 is 1.77 bits per heavy atom. The molecule has 0 aliphatic heterocycles. The summed E-state index contributed by atoms with van der Waals surface area (Å²) in [6.45, 7) is 6.74. The van der Waals surface area contributed by atoms with Gasteiger partial charge in [-0.1, -0.05) is 25.6 Å². The van der Waals surface area contributed by atoms with Gasteiger partial charge in [-0.25, -0.2) is 0 Å². The van der Waals surface area contributed by atoms with E-state index >= 15 is 0 Å². The summed E-state index contributed by atoms with van der Waals surface area (Å²) in [6.07, 6.45) is 1.71. The molecule has 0 aromatic rings. The van der Waals surface area contributed by atoms with Crippen molar-refractivity contribution in [1.82, 2.24) is 0 Å². The fourth-order valence-electron chi connectivity index (χ4n) is 0.391. The molecule has 0 aromatic heterocycles. The van der Waals surface area contributed by atoms with E-state index in [-0.39, 0.29) is 0 Å². The first kappa shape index (κ1) is 14.6. The fraction of sp³-hybridized carbons (Fsp3) is 0.571. The molecule has 0 amide bonds. The van der Waals surface area contributed by atoms with E-state index in [0.717, 1.165) is 18.6 Å². The van der Waals surface area contributed by atoms with Gasteiger partial charge in [0, 0.05) is 0 Å². The molecule has 0 atom stereocenters. The van der Waals surface area contributed by atoms with Crippen LogP contribution < -0.4 is 0 Å². The first-order valence-corrected chi connectivity index (χ1v) is 5.21. The lowest BCUT2D eigenvalue weighted by atomic mass is 10.2. The minimum atomic E-state index is -3.90. The smallest absolute Gasteiger partial charge is 0.287 e. The molecule has 0 bridgehead atoms. The highest BCUT2D eigenvalue weighted by molar-refractivity contribution is 7.88. The number of oxime groups is 1. The molecule has 0 saturated heterocycles. The van der Waals surface area contributed by atoms with Crippen LogP contribution in [0.1, 0.15) is 26.7 Å². The van der Waals surface area contributed by atoms with Gasteiger partial charge in [0.1, 0.15) is 0 Å². The van der Waals surface area contributed by atoms with Crippen molar-refractivity contribution in [2.24, 2.45) is 5.16 Å². The van der Waals surface area contributed by atoms with E-state index in [0.29, 0.717) is 5.41 Å². The predicted molar refractivity (Wildman–Crippen MR) is 51.5 cm³/mol.